The lowest BCUT2D eigenvalue weighted by molar-refractivity contribution is 0.378. The SMILES string of the molecule is O=P(O)(O)CC1=NN=NC1. The molecule has 0 spiro atoms. The van der Waals surface area contributed by atoms with Crippen LogP contribution in [0.3, 0.4) is 0 Å². The third-order valence-electron chi connectivity index (χ3n) is 0.891. The minimum Gasteiger partial charge on any atom is -0.324 e. The van der Waals surface area contributed by atoms with Crippen LogP contribution in [0.5, 0.6) is 0 Å². The molecule has 0 saturated heterocycles. The Morgan fingerprint density at radius 1 is 1.60 bits per heavy atom. The highest BCUT2D eigenvalue weighted by Gasteiger charge is 2.18. The normalized spacial score (nSPS) is 17.6. The molecule has 6 nitrogen and oxygen atoms in total. The second-order valence-corrected chi connectivity index (χ2v) is 3.52. The Morgan fingerprint density at radius 3 is 2.70 bits per heavy atom. The smallest absolute Gasteiger partial charge is 0.324 e. The zero-order valence-electron chi connectivity index (χ0n) is 5.01. The Hall–Kier alpha value is -0.580. The molecule has 0 unspecified atom stereocenters. The van der Waals surface area contributed by atoms with Gasteiger partial charge >= 0.3 is 7.60 Å². The minimum atomic E-state index is -3.97. The van der Waals surface area contributed by atoms with Crippen LogP contribution in [0, 0.1) is 0 Å². The average molecular weight is 163 g/mol. The van der Waals surface area contributed by atoms with Gasteiger partial charge in [-0.1, -0.05) is 0 Å². The standard InChI is InChI=1S/C3H6N3O3P/c7-10(8,9)2-3-1-4-6-5-3/h1-2H2,(H2,7,8,9). The molecule has 7 heteroatoms. The summed E-state index contributed by atoms with van der Waals surface area (Å²) in [4.78, 5) is 16.8. The fourth-order valence-corrected chi connectivity index (χ4v) is 1.20. The molecule has 0 amide bonds. The third kappa shape index (κ3) is 2.34. The lowest BCUT2D eigenvalue weighted by Crippen LogP contribution is -2.05. The van der Waals surface area contributed by atoms with Crippen molar-refractivity contribution in [1.82, 2.24) is 0 Å². The van der Waals surface area contributed by atoms with E-state index in [0.717, 1.165) is 0 Å². The van der Waals surface area contributed by atoms with Gasteiger partial charge in [0, 0.05) is 0 Å². The molecule has 56 valence electrons. The monoisotopic (exact) mass is 163 g/mol. The average Bonchev–Trinajstić information content (AvgIpc) is 2.12. The van der Waals surface area contributed by atoms with Crippen molar-refractivity contribution >= 4 is 13.3 Å². The highest BCUT2D eigenvalue weighted by atomic mass is 31.2. The maximum Gasteiger partial charge on any atom is 0.331 e. The number of hydrogen-bond donors (Lipinski definition) is 2. The van der Waals surface area contributed by atoms with Crippen molar-refractivity contribution in [3.05, 3.63) is 0 Å². The minimum absolute atomic E-state index is 0.213. The molecule has 0 aromatic rings. The van der Waals surface area contributed by atoms with Crippen molar-refractivity contribution in [3.8, 4) is 0 Å². The van der Waals surface area contributed by atoms with E-state index in [1.54, 1.807) is 0 Å². The molecule has 1 aliphatic heterocycles. The predicted octanol–water partition coefficient (Wildman–Crippen LogP) is -0.0141. The Labute approximate surface area is 56.8 Å². The van der Waals surface area contributed by atoms with E-state index in [0.29, 0.717) is 5.71 Å². The van der Waals surface area contributed by atoms with Gasteiger partial charge in [-0.25, -0.2) is 0 Å². The van der Waals surface area contributed by atoms with E-state index < -0.39 is 7.60 Å². The summed E-state index contributed by atoms with van der Waals surface area (Å²) in [6, 6.07) is 0. The summed E-state index contributed by atoms with van der Waals surface area (Å²) in [7, 11) is -3.97. The fourth-order valence-electron chi connectivity index (χ4n) is 0.559. The third-order valence-corrected chi connectivity index (χ3v) is 1.67. The first-order valence-corrected chi connectivity index (χ1v) is 4.34. The van der Waals surface area contributed by atoms with E-state index in [1.807, 2.05) is 0 Å². The van der Waals surface area contributed by atoms with Crippen LogP contribution in [0.1, 0.15) is 0 Å². The summed E-state index contributed by atoms with van der Waals surface area (Å²) in [6.45, 7) is 0.213. The zero-order valence-corrected chi connectivity index (χ0v) is 5.90. The summed E-state index contributed by atoms with van der Waals surface area (Å²) >= 11 is 0. The molecule has 10 heavy (non-hydrogen) atoms. The van der Waals surface area contributed by atoms with Gasteiger partial charge in [-0.05, 0) is 5.22 Å². The van der Waals surface area contributed by atoms with Crippen molar-refractivity contribution in [3.63, 3.8) is 0 Å². The van der Waals surface area contributed by atoms with Crippen LogP contribution in [0.15, 0.2) is 15.4 Å². The van der Waals surface area contributed by atoms with Crippen molar-refractivity contribution in [2.75, 3.05) is 12.7 Å². The number of hydrogen-bond acceptors (Lipinski definition) is 4. The van der Waals surface area contributed by atoms with Crippen LogP contribution in [0.25, 0.3) is 0 Å². The van der Waals surface area contributed by atoms with Gasteiger partial charge in [0.2, 0.25) is 0 Å². The zero-order chi connectivity index (χ0) is 7.61. The van der Waals surface area contributed by atoms with Crippen LogP contribution in [-0.2, 0) is 4.57 Å². The summed E-state index contributed by atoms with van der Waals surface area (Å²) < 4.78 is 10.3. The largest absolute Gasteiger partial charge is 0.331 e. The fraction of sp³-hybridized carbons (Fsp3) is 0.667. The molecule has 0 bridgehead atoms. The molecule has 1 rings (SSSR count). The first-order chi connectivity index (χ1) is 4.58. The molecule has 0 aromatic heterocycles. The number of rotatable bonds is 2. The van der Waals surface area contributed by atoms with E-state index in [9.17, 15) is 4.57 Å². The summed E-state index contributed by atoms with van der Waals surface area (Å²) in [5, 5.41) is 10.0. The van der Waals surface area contributed by atoms with Gasteiger partial charge in [0.15, 0.2) is 0 Å². The summed E-state index contributed by atoms with van der Waals surface area (Å²) in [5.41, 5.74) is 0.341. The van der Waals surface area contributed by atoms with Gasteiger partial charge < -0.3 is 9.79 Å². The van der Waals surface area contributed by atoms with E-state index in [1.165, 1.54) is 0 Å². The van der Waals surface area contributed by atoms with E-state index in [4.69, 9.17) is 9.79 Å². The van der Waals surface area contributed by atoms with Gasteiger partial charge in [0.05, 0.1) is 11.9 Å². The molecule has 0 fully saturated rings. The van der Waals surface area contributed by atoms with E-state index in [2.05, 4.69) is 15.4 Å². The predicted molar refractivity (Wildman–Crippen MR) is 34.1 cm³/mol. The molecule has 0 saturated carbocycles. The molecule has 1 aliphatic rings. The molecule has 0 aromatic carbocycles. The maximum absolute atomic E-state index is 10.3. The van der Waals surface area contributed by atoms with Gasteiger partial charge in [0.25, 0.3) is 0 Å². The van der Waals surface area contributed by atoms with Crippen molar-refractivity contribution < 1.29 is 14.4 Å². The number of nitrogens with zero attached hydrogens (tertiary/aromatic N) is 3. The van der Waals surface area contributed by atoms with E-state index in [-0.39, 0.29) is 12.7 Å². The van der Waals surface area contributed by atoms with Gasteiger partial charge in [-0.2, -0.15) is 5.11 Å². The Balaban J connectivity index is 2.49. The van der Waals surface area contributed by atoms with Gasteiger partial charge in [-0.3, -0.25) is 4.57 Å². The topological polar surface area (TPSA) is 94.6 Å². The van der Waals surface area contributed by atoms with Crippen molar-refractivity contribution in [1.29, 1.82) is 0 Å². The first kappa shape index (κ1) is 7.53. The van der Waals surface area contributed by atoms with Crippen molar-refractivity contribution in [2.24, 2.45) is 15.4 Å². The van der Waals surface area contributed by atoms with Crippen LogP contribution in [-0.4, -0.2) is 28.2 Å². The molecule has 0 aliphatic carbocycles. The summed E-state index contributed by atoms with van der Waals surface area (Å²) in [6.07, 6.45) is -0.333. The quantitative estimate of drug-likeness (QED) is 0.560. The second-order valence-electron chi connectivity index (χ2n) is 1.88. The lowest BCUT2D eigenvalue weighted by Gasteiger charge is -1.99. The molecular formula is C3H6N3O3P. The molecule has 0 radical (unpaired) electrons. The summed E-state index contributed by atoms with van der Waals surface area (Å²) in [5.74, 6) is 0. The maximum atomic E-state index is 10.3. The van der Waals surface area contributed by atoms with Crippen LogP contribution < -0.4 is 0 Å². The van der Waals surface area contributed by atoms with Gasteiger partial charge in [0.1, 0.15) is 6.54 Å². The highest BCUT2D eigenvalue weighted by Crippen LogP contribution is 2.34. The van der Waals surface area contributed by atoms with Crippen LogP contribution >= 0.6 is 7.60 Å². The molecule has 0 atom stereocenters. The molecule has 2 N–H and O–H groups in total. The van der Waals surface area contributed by atoms with Crippen molar-refractivity contribution in [2.45, 2.75) is 0 Å². The Bertz CT molecular complexity index is 229. The first-order valence-electron chi connectivity index (χ1n) is 2.55. The lowest BCUT2D eigenvalue weighted by atomic mass is 10.4. The Kier molecular flexibility index (Phi) is 1.94. The van der Waals surface area contributed by atoms with Gasteiger partial charge in [-0.15, -0.1) is 5.10 Å². The molecule has 1 heterocycles. The van der Waals surface area contributed by atoms with E-state index >= 15 is 0 Å². The highest BCUT2D eigenvalue weighted by molar-refractivity contribution is 7.52. The Morgan fingerprint density at radius 2 is 2.30 bits per heavy atom. The van der Waals surface area contributed by atoms with Crippen LogP contribution in [0.4, 0.5) is 0 Å². The second kappa shape index (κ2) is 2.57. The van der Waals surface area contributed by atoms with Crippen LogP contribution in [0.2, 0.25) is 0 Å². The molecular weight excluding hydrogens is 157 g/mol.